The predicted molar refractivity (Wildman–Crippen MR) is 103 cm³/mol. The van der Waals surface area contributed by atoms with Crippen LogP contribution in [0.2, 0.25) is 5.02 Å². The van der Waals surface area contributed by atoms with Crippen LogP contribution in [0.25, 0.3) is 11.3 Å². The van der Waals surface area contributed by atoms with Gasteiger partial charge in [0.2, 0.25) is 5.91 Å². The van der Waals surface area contributed by atoms with Crippen LogP contribution in [0.1, 0.15) is 23.4 Å². The van der Waals surface area contributed by atoms with Crippen molar-refractivity contribution in [1.82, 2.24) is 9.88 Å². The van der Waals surface area contributed by atoms with Gasteiger partial charge in [-0.15, -0.1) is 0 Å². The molecule has 1 aromatic heterocycles. The summed E-state index contributed by atoms with van der Waals surface area (Å²) in [4.78, 5) is 18.3. The Balaban J connectivity index is 1.56. The number of aromatic nitrogens is 1. The number of rotatable bonds is 6. The van der Waals surface area contributed by atoms with Crippen LogP contribution in [0.15, 0.2) is 59.1 Å². The van der Waals surface area contributed by atoms with Crippen molar-refractivity contribution >= 4 is 17.5 Å². The molecule has 0 fully saturated rings. The van der Waals surface area contributed by atoms with Gasteiger partial charge < -0.3 is 9.32 Å². The van der Waals surface area contributed by atoms with Crippen molar-refractivity contribution in [3.05, 3.63) is 76.8 Å². The van der Waals surface area contributed by atoms with Crippen molar-refractivity contribution in [2.24, 2.45) is 0 Å². The molecule has 3 rings (SSSR count). The molecule has 2 aromatic carbocycles. The maximum absolute atomic E-state index is 12.4. The highest BCUT2D eigenvalue weighted by Crippen LogP contribution is 2.28. The average Bonchev–Trinajstić information content (AvgIpc) is 3.15. The lowest BCUT2D eigenvalue weighted by Gasteiger charge is -2.17. The second kappa shape index (κ2) is 8.52. The molecule has 0 atom stereocenters. The number of carbonyl (C=O) groups excluding carboxylic acids is 1. The normalized spacial score (nSPS) is 10.4. The van der Waals surface area contributed by atoms with E-state index in [4.69, 9.17) is 21.3 Å². The first-order valence-electron chi connectivity index (χ1n) is 8.49. The molecule has 0 spiro atoms. The Labute approximate surface area is 162 Å². The fourth-order valence-electron chi connectivity index (χ4n) is 2.66. The van der Waals surface area contributed by atoms with Gasteiger partial charge >= 0.3 is 0 Å². The smallest absolute Gasteiger partial charge is 0.223 e. The molecule has 3 aromatic rings. The van der Waals surface area contributed by atoms with E-state index in [-0.39, 0.29) is 5.91 Å². The number of oxazole rings is 1. The molecule has 136 valence electrons. The highest BCUT2D eigenvalue weighted by atomic mass is 35.5. The Morgan fingerprint density at radius 2 is 1.96 bits per heavy atom. The monoisotopic (exact) mass is 379 g/mol. The molecule has 0 radical (unpaired) electrons. The van der Waals surface area contributed by atoms with E-state index < -0.39 is 0 Å². The van der Waals surface area contributed by atoms with Crippen LogP contribution in [0.4, 0.5) is 0 Å². The van der Waals surface area contributed by atoms with Crippen molar-refractivity contribution in [2.75, 3.05) is 7.05 Å². The summed E-state index contributed by atoms with van der Waals surface area (Å²) in [5, 5.41) is 9.43. The summed E-state index contributed by atoms with van der Waals surface area (Å²) in [6, 6.07) is 16.7. The fourth-order valence-corrected chi connectivity index (χ4v) is 2.89. The summed E-state index contributed by atoms with van der Waals surface area (Å²) in [5.41, 5.74) is 2.36. The van der Waals surface area contributed by atoms with Crippen LogP contribution in [0, 0.1) is 11.3 Å². The summed E-state index contributed by atoms with van der Waals surface area (Å²) in [6.07, 6.45) is 2.34. The number of halogens is 1. The van der Waals surface area contributed by atoms with Crippen molar-refractivity contribution in [1.29, 1.82) is 5.26 Å². The van der Waals surface area contributed by atoms with Gasteiger partial charge in [-0.3, -0.25) is 4.79 Å². The molecule has 27 heavy (non-hydrogen) atoms. The number of nitriles is 1. The predicted octanol–water partition coefficient (Wildman–Crippen LogP) is 4.46. The number of benzene rings is 2. The first-order chi connectivity index (χ1) is 13.1. The lowest BCUT2D eigenvalue weighted by molar-refractivity contribution is -0.130. The first-order valence-corrected chi connectivity index (χ1v) is 8.87. The number of hydrogen-bond donors (Lipinski definition) is 0. The third-order valence-corrected chi connectivity index (χ3v) is 4.50. The number of nitrogens with zero attached hydrogens (tertiary/aromatic N) is 3. The fraction of sp³-hybridized carbons (Fsp3) is 0.190. The summed E-state index contributed by atoms with van der Waals surface area (Å²) >= 11 is 6.17. The minimum atomic E-state index is -0.00291. The van der Waals surface area contributed by atoms with Gasteiger partial charge in [-0.2, -0.15) is 5.26 Å². The highest BCUT2D eigenvalue weighted by Gasteiger charge is 2.13. The second-order valence-electron chi connectivity index (χ2n) is 6.16. The van der Waals surface area contributed by atoms with Gasteiger partial charge in [0.15, 0.2) is 11.7 Å². The molecule has 1 amide bonds. The van der Waals surface area contributed by atoms with Crippen LogP contribution in [0.3, 0.4) is 0 Å². The van der Waals surface area contributed by atoms with E-state index in [0.717, 1.165) is 11.1 Å². The Morgan fingerprint density at radius 1 is 1.22 bits per heavy atom. The second-order valence-corrected chi connectivity index (χ2v) is 6.56. The van der Waals surface area contributed by atoms with E-state index in [1.54, 1.807) is 36.3 Å². The number of carbonyl (C=O) groups is 1. The first kappa shape index (κ1) is 18.7. The quantitative estimate of drug-likeness (QED) is 0.634. The third kappa shape index (κ3) is 4.75. The standard InChI is InChI=1S/C21H18ClN3O2/c1-25(14-16-8-6-15(12-23)7-9-16)21(26)11-10-20-24-13-19(27-20)17-4-2-3-5-18(17)22/h2-9,13H,10-11,14H2,1H3. The number of hydrogen-bond acceptors (Lipinski definition) is 4. The van der Waals surface area contributed by atoms with Crippen LogP contribution in [-0.2, 0) is 17.8 Å². The molecule has 0 aliphatic rings. The van der Waals surface area contributed by atoms with Gasteiger partial charge in [-0.1, -0.05) is 35.9 Å². The topological polar surface area (TPSA) is 70.1 Å². The lowest BCUT2D eigenvalue weighted by Crippen LogP contribution is -2.26. The van der Waals surface area contributed by atoms with Crippen LogP contribution in [-0.4, -0.2) is 22.8 Å². The maximum atomic E-state index is 12.4. The van der Waals surface area contributed by atoms with Gasteiger partial charge in [0.05, 0.1) is 22.9 Å². The summed E-state index contributed by atoms with van der Waals surface area (Å²) in [6.45, 7) is 0.487. The van der Waals surface area contributed by atoms with Gasteiger partial charge in [-0.25, -0.2) is 4.98 Å². The molecule has 1 heterocycles. The Bertz CT molecular complexity index is 974. The molecule has 6 heteroatoms. The molecule has 5 nitrogen and oxygen atoms in total. The minimum Gasteiger partial charge on any atom is -0.441 e. The minimum absolute atomic E-state index is 0.00291. The van der Waals surface area contributed by atoms with Gasteiger partial charge in [-0.05, 0) is 29.8 Å². The van der Waals surface area contributed by atoms with E-state index >= 15 is 0 Å². The van der Waals surface area contributed by atoms with E-state index in [1.807, 2.05) is 30.3 Å². The molecule has 0 saturated carbocycles. The molecule has 0 N–H and O–H groups in total. The molecule has 0 aliphatic carbocycles. The van der Waals surface area contributed by atoms with E-state index in [1.165, 1.54) is 0 Å². The molecule has 0 bridgehead atoms. The van der Waals surface area contributed by atoms with Crippen molar-refractivity contribution in [3.63, 3.8) is 0 Å². The average molecular weight is 380 g/mol. The highest BCUT2D eigenvalue weighted by molar-refractivity contribution is 6.33. The maximum Gasteiger partial charge on any atom is 0.223 e. The molecular weight excluding hydrogens is 362 g/mol. The summed E-state index contributed by atoms with van der Waals surface area (Å²) < 4.78 is 5.73. The SMILES string of the molecule is CN(Cc1ccc(C#N)cc1)C(=O)CCc1ncc(-c2ccccc2Cl)o1. The molecular formula is C21H18ClN3O2. The zero-order valence-corrected chi connectivity index (χ0v) is 15.6. The lowest BCUT2D eigenvalue weighted by atomic mass is 10.1. The number of aryl methyl sites for hydroxylation is 1. The van der Waals surface area contributed by atoms with Crippen molar-refractivity contribution in [2.45, 2.75) is 19.4 Å². The Morgan fingerprint density at radius 3 is 2.67 bits per heavy atom. The van der Waals surface area contributed by atoms with Gasteiger partial charge in [0.1, 0.15) is 0 Å². The molecule has 0 unspecified atom stereocenters. The van der Waals surface area contributed by atoms with Crippen LogP contribution >= 0.6 is 11.6 Å². The van der Waals surface area contributed by atoms with Gasteiger partial charge in [0.25, 0.3) is 0 Å². The third-order valence-electron chi connectivity index (χ3n) is 4.17. The number of amides is 1. The largest absolute Gasteiger partial charge is 0.441 e. The Hall–Kier alpha value is -3.10. The molecule has 0 aliphatic heterocycles. The molecule has 0 saturated heterocycles. The van der Waals surface area contributed by atoms with Crippen LogP contribution in [0.5, 0.6) is 0 Å². The van der Waals surface area contributed by atoms with Gasteiger partial charge in [0, 0.05) is 32.0 Å². The Kier molecular flexibility index (Phi) is 5.90. The zero-order valence-electron chi connectivity index (χ0n) is 14.9. The van der Waals surface area contributed by atoms with E-state index in [9.17, 15) is 4.79 Å². The van der Waals surface area contributed by atoms with E-state index in [0.29, 0.717) is 41.6 Å². The zero-order chi connectivity index (χ0) is 19.2. The summed E-state index contributed by atoms with van der Waals surface area (Å²) in [7, 11) is 1.76. The van der Waals surface area contributed by atoms with Crippen molar-refractivity contribution in [3.8, 4) is 17.4 Å². The summed E-state index contributed by atoms with van der Waals surface area (Å²) in [5.74, 6) is 1.09. The van der Waals surface area contributed by atoms with Crippen LogP contribution < -0.4 is 0 Å². The van der Waals surface area contributed by atoms with E-state index in [2.05, 4.69) is 11.1 Å². The van der Waals surface area contributed by atoms with Crippen molar-refractivity contribution < 1.29 is 9.21 Å².